The molecule has 26 heavy (non-hydrogen) atoms. The van der Waals surface area contributed by atoms with Gasteiger partial charge in [0.05, 0.1) is 12.2 Å². The second-order valence-electron chi connectivity index (χ2n) is 7.27. The summed E-state index contributed by atoms with van der Waals surface area (Å²) in [5.41, 5.74) is 5.50. The van der Waals surface area contributed by atoms with Crippen molar-refractivity contribution in [2.45, 2.75) is 38.1 Å². The molecule has 7 heteroatoms. The molecule has 2 fully saturated rings. The molecule has 2 amide bonds. The van der Waals surface area contributed by atoms with E-state index < -0.39 is 11.3 Å². The van der Waals surface area contributed by atoms with E-state index in [1.165, 1.54) is 0 Å². The maximum absolute atomic E-state index is 12.8. The third-order valence-electron chi connectivity index (χ3n) is 5.51. The summed E-state index contributed by atoms with van der Waals surface area (Å²) in [5, 5.41) is 0. The lowest BCUT2D eigenvalue weighted by Gasteiger charge is -2.34. The molecule has 0 bridgehead atoms. The predicted octanol–water partition coefficient (Wildman–Crippen LogP) is 1.30. The second-order valence-corrected chi connectivity index (χ2v) is 7.27. The van der Waals surface area contributed by atoms with Crippen molar-refractivity contribution >= 4 is 11.8 Å². The lowest BCUT2D eigenvalue weighted by Crippen LogP contribution is -2.47. The normalized spacial score (nSPS) is 21.4. The molecule has 0 aromatic carbocycles. The Labute approximate surface area is 152 Å². The number of rotatable bonds is 5. The monoisotopic (exact) mass is 353 g/mol. The van der Waals surface area contributed by atoms with Crippen LogP contribution in [0.3, 0.4) is 0 Å². The number of primary amides is 1. The highest BCUT2D eigenvalue weighted by Crippen LogP contribution is 2.47. The quantitative estimate of drug-likeness (QED) is 0.820. The minimum Gasteiger partial charge on any atom is -0.369 e. The molecule has 2 aromatic rings. The first-order valence-electron chi connectivity index (χ1n) is 9.10. The molecule has 1 atom stereocenters. The van der Waals surface area contributed by atoms with Crippen molar-refractivity contribution in [1.82, 2.24) is 19.4 Å². The Morgan fingerprint density at radius 3 is 2.77 bits per heavy atom. The van der Waals surface area contributed by atoms with Crippen molar-refractivity contribution in [3.8, 4) is 0 Å². The largest absolute Gasteiger partial charge is 0.369 e. The van der Waals surface area contributed by atoms with E-state index in [4.69, 9.17) is 5.73 Å². The van der Waals surface area contributed by atoms with Crippen LogP contribution in [0.2, 0.25) is 0 Å². The Morgan fingerprint density at radius 1 is 1.23 bits per heavy atom. The first kappa shape index (κ1) is 16.8. The van der Waals surface area contributed by atoms with Crippen LogP contribution in [0.5, 0.6) is 0 Å². The Kier molecular flexibility index (Phi) is 4.22. The zero-order chi connectivity index (χ0) is 18.1. The van der Waals surface area contributed by atoms with Gasteiger partial charge in [-0.25, -0.2) is 4.98 Å². The topological polar surface area (TPSA) is 94.1 Å². The van der Waals surface area contributed by atoms with Crippen LogP contribution in [-0.2, 0) is 16.1 Å². The average Bonchev–Trinajstić information content (AvgIpc) is 3.36. The van der Waals surface area contributed by atoms with Gasteiger partial charge in [0.25, 0.3) is 0 Å². The van der Waals surface area contributed by atoms with Crippen LogP contribution in [0.1, 0.15) is 43.1 Å². The molecular formula is C19H23N5O2. The number of piperidine rings is 1. The third-order valence-corrected chi connectivity index (χ3v) is 5.51. The number of hydrogen-bond acceptors (Lipinski definition) is 4. The number of likely N-dealkylation sites (tertiary alicyclic amines) is 1. The van der Waals surface area contributed by atoms with Crippen LogP contribution in [0.15, 0.2) is 36.8 Å². The molecule has 2 aromatic heterocycles. The predicted molar refractivity (Wildman–Crippen MR) is 95.0 cm³/mol. The lowest BCUT2D eigenvalue weighted by molar-refractivity contribution is -0.144. The van der Waals surface area contributed by atoms with Gasteiger partial charge in [-0.05, 0) is 37.8 Å². The van der Waals surface area contributed by atoms with E-state index in [2.05, 4.69) is 14.5 Å². The maximum Gasteiger partial charge on any atom is 0.238 e. The van der Waals surface area contributed by atoms with Gasteiger partial charge in [0.1, 0.15) is 11.2 Å². The van der Waals surface area contributed by atoms with Crippen LogP contribution in [0.4, 0.5) is 0 Å². The number of nitrogens with zero attached hydrogens (tertiary/aromatic N) is 4. The number of pyridine rings is 1. The van der Waals surface area contributed by atoms with E-state index in [0.717, 1.165) is 24.4 Å². The number of aromatic nitrogens is 3. The van der Waals surface area contributed by atoms with Crippen LogP contribution < -0.4 is 5.73 Å². The number of hydrogen-bond donors (Lipinski definition) is 1. The summed E-state index contributed by atoms with van der Waals surface area (Å²) in [6.07, 6.45) is 8.58. The van der Waals surface area contributed by atoms with Crippen LogP contribution in [-0.4, -0.2) is 44.3 Å². The molecule has 7 nitrogen and oxygen atoms in total. The number of imidazole rings is 1. The van der Waals surface area contributed by atoms with E-state index in [0.29, 0.717) is 32.5 Å². The first-order chi connectivity index (χ1) is 12.6. The van der Waals surface area contributed by atoms with Gasteiger partial charge in [-0.1, -0.05) is 6.07 Å². The molecule has 1 saturated carbocycles. The summed E-state index contributed by atoms with van der Waals surface area (Å²) >= 11 is 0. The summed E-state index contributed by atoms with van der Waals surface area (Å²) < 4.78 is 2.10. The molecule has 1 aliphatic heterocycles. The van der Waals surface area contributed by atoms with Crippen LogP contribution in [0, 0.1) is 5.41 Å². The molecule has 1 aliphatic carbocycles. The Bertz CT molecular complexity index is 812. The fraction of sp³-hybridized carbons (Fsp3) is 0.474. The summed E-state index contributed by atoms with van der Waals surface area (Å²) in [4.78, 5) is 35.2. The van der Waals surface area contributed by atoms with Gasteiger partial charge in [-0.15, -0.1) is 0 Å². The highest BCUT2D eigenvalue weighted by molar-refractivity contribution is 6.07. The third kappa shape index (κ3) is 2.98. The summed E-state index contributed by atoms with van der Waals surface area (Å²) in [6, 6.07) is 5.86. The van der Waals surface area contributed by atoms with E-state index in [1.807, 2.05) is 29.3 Å². The van der Waals surface area contributed by atoms with E-state index in [-0.39, 0.29) is 11.8 Å². The summed E-state index contributed by atoms with van der Waals surface area (Å²) in [5.74, 6) is 0.547. The Morgan fingerprint density at radius 2 is 2.08 bits per heavy atom. The minimum atomic E-state index is -0.939. The van der Waals surface area contributed by atoms with E-state index in [9.17, 15) is 9.59 Å². The van der Waals surface area contributed by atoms with Crippen LogP contribution in [0.25, 0.3) is 0 Å². The molecule has 4 rings (SSSR count). The molecule has 2 N–H and O–H groups in total. The van der Waals surface area contributed by atoms with Gasteiger partial charge in [-0.2, -0.15) is 0 Å². The zero-order valence-corrected chi connectivity index (χ0v) is 14.7. The SMILES string of the molecule is NC(=O)C1(C(=O)N2CCC[C@H](c3nccn3Cc3ccccn3)C2)CC1. The number of nitrogens with two attached hydrogens (primary N) is 1. The molecule has 0 radical (unpaired) electrons. The van der Waals surface area contributed by atoms with Gasteiger partial charge in [0.15, 0.2) is 0 Å². The van der Waals surface area contributed by atoms with Crippen molar-refractivity contribution in [1.29, 1.82) is 0 Å². The number of carbonyl (C=O) groups excluding carboxylic acids is 2. The van der Waals surface area contributed by atoms with Crippen molar-refractivity contribution < 1.29 is 9.59 Å². The fourth-order valence-corrected chi connectivity index (χ4v) is 3.85. The zero-order valence-electron chi connectivity index (χ0n) is 14.7. The molecule has 136 valence electrons. The fourth-order valence-electron chi connectivity index (χ4n) is 3.85. The van der Waals surface area contributed by atoms with Gasteiger partial charge < -0.3 is 15.2 Å². The highest BCUT2D eigenvalue weighted by Gasteiger charge is 2.57. The molecule has 1 saturated heterocycles. The molecular weight excluding hydrogens is 330 g/mol. The Balaban J connectivity index is 1.50. The van der Waals surface area contributed by atoms with E-state index in [1.54, 1.807) is 12.4 Å². The van der Waals surface area contributed by atoms with E-state index >= 15 is 0 Å². The minimum absolute atomic E-state index is 0.0995. The average molecular weight is 353 g/mol. The number of carbonyl (C=O) groups is 2. The van der Waals surface area contributed by atoms with Gasteiger partial charge in [0.2, 0.25) is 11.8 Å². The summed E-state index contributed by atoms with van der Waals surface area (Å²) in [6.45, 7) is 1.93. The molecule has 3 heterocycles. The second kappa shape index (κ2) is 6.55. The molecule has 2 aliphatic rings. The van der Waals surface area contributed by atoms with Crippen molar-refractivity contribution in [3.05, 3.63) is 48.3 Å². The number of amides is 2. The van der Waals surface area contributed by atoms with Gasteiger partial charge in [-0.3, -0.25) is 14.6 Å². The smallest absolute Gasteiger partial charge is 0.238 e. The first-order valence-corrected chi connectivity index (χ1v) is 9.10. The van der Waals surface area contributed by atoms with Crippen LogP contribution >= 0.6 is 0 Å². The standard InChI is InChI=1S/C19H23N5O2/c20-17(25)19(6-7-19)18(26)24-10-3-4-14(12-24)16-22-9-11-23(16)13-15-5-1-2-8-21-15/h1-2,5,8-9,11,14H,3-4,6-7,10,12-13H2,(H2,20,25)/t14-/m0/s1. The molecule has 0 spiro atoms. The lowest BCUT2D eigenvalue weighted by atomic mass is 9.94. The van der Waals surface area contributed by atoms with Crippen molar-refractivity contribution in [2.24, 2.45) is 11.1 Å². The molecule has 0 unspecified atom stereocenters. The summed E-state index contributed by atoms with van der Waals surface area (Å²) in [7, 11) is 0. The van der Waals surface area contributed by atoms with Gasteiger partial charge in [0, 0.05) is 37.6 Å². The Hall–Kier alpha value is -2.70. The highest BCUT2D eigenvalue weighted by atomic mass is 16.2. The maximum atomic E-state index is 12.8. The van der Waals surface area contributed by atoms with Gasteiger partial charge >= 0.3 is 0 Å². The van der Waals surface area contributed by atoms with Crippen molar-refractivity contribution in [3.63, 3.8) is 0 Å². The van der Waals surface area contributed by atoms with Crippen molar-refractivity contribution in [2.75, 3.05) is 13.1 Å².